The first kappa shape index (κ1) is 9.04. The van der Waals surface area contributed by atoms with Crippen molar-refractivity contribution >= 4 is 5.78 Å². The number of hydrogen-bond donors (Lipinski definition) is 1. The third-order valence-corrected chi connectivity index (χ3v) is 5.89. The SMILES string of the molecule is [2H]c1c([2H])c2c3c(c1OC)OC1C(=O)C([2H])([2H])C[C@@]4(O)[C@H](N(C)CC[C@]314)C2([2H])[2H]. The summed E-state index contributed by atoms with van der Waals surface area (Å²) in [6, 6.07) is -1.92. The molecule has 0 aromatic heterocycles. The first-order valence-electron chi connectivity index (χ1n) is 10.7. The Morgan fingerprint density at radius 3 is 3.13 bits per heavy atom. The molecular formula is C18H21NO4. The topological polar surface area (TPSA) is 59.0 Å². The molecule has 4 aliphatic rings. The largest absolute Gasteiger partial charge is 0.493 e. The van der Waals surface area contributed by atoms with E-state index in [1.807, 2.05) is 0 Å². The summed E-state index contributed by atoms with van der Waals surface area (Å²) in [5, 5.41) is 12.0. The van der Waals surface area contributed by atoms with Crippen LogP contribution in [-0.2, 0) is 16.6 Å². The zero-order chi connectivity index (χ0) is 21.3. The maximum atomic E-state index is 13.1. The molecule has 2 heterocycles. The number of piperidine rings is 1. The molecule has 1 aromatic rings. The fourth-order valence-corrected chi connectivity index (χ4v) is 4.82. The summed E-state index contributed by atoms with van der Waals surface area (Å²) in [5.74, 6) is -0.929. The molecule has 1 spiro atoms. The van der Waals surface area contributed by atoms with E-state index < -0.39 is 48.1 Å². The van der Waals surface area contributed by atoms with Gasteiger partial charge in [0.1, 0.15) is 0 Å². The van der Waals surface area contributed by atoms with E-state index in [0.29, 0.717) is 6.54 Å². The van der Waals surface area contributed by atoms with E-state index in [1.54, 1.807) is 11.9 Å². The van der Waals surface area contributed by atoms with Crippen molar-refractivity contribution in [3.63, 3.8) is 0 Å². The van der Waals surface area contributed by atoms with Crippen molar-refractivity contribution in [2.75, 3.05) is 20.7 Å². The van der Waals surface area contributed by atoms with Crippen LogP contribution in [0.5, 0.6) is 11.5 Å². The number of likely N-dealkylation sites (tertiary alicyclic amines) is 1. The van der Waals surface area contributed by atoms with Crippen molar-refractivity contribution < 1.29 is 27.6 Å². The third kappa shape index (κ3) is 1.32. The van der Waals surface area contributed by atoms with Crippen LogP contribution in [0, 0.1) is 0 Å². The zero-order valence-electron chi connectivity index (χ0n) is 18.9. The van der Waals surface area contributed by atoms with Gasteiger partial charge in [0.05, 0.1) is 20.9 Å². The van der Waals surface area contributed by atoms with Crippen LogP contribution in [0.2, 0.25) is 0 Å². The van der Waals surface area contributed by atoms with Crippen LogP contribution in [0.4, 0.5) is 0 Å². The minimum Gasteiger partial charge on any atom is -0.493 e. The van der Waals surface area contributed by atoms with E-state index in [0.717, 1.165) is 0 Å². The van der Waals surface area contributed by atoms with Gasteiger partial charge in [-0.3, -0.25) is 4.79 Å². The monoisotopic (exact) mass is 321 g/mol. The summed E-state index contributed by atoms with van der Waals surface area (Å²) in [6.07, 6.45) is -6.38. The number of carbonyl (C=O) groups excluding carboxylic acids is 1. The van der Waals surface area contributed by atoms with E-state index in [2.05, 4.69) is 0 Å². The molecule has 1 unspecified atom stereocenters. The van der Waals surface area contributed by atoms with Crippen molar-refractivity contribution in [2.45, 2.75) is 48.7 Å². The predicted octanol–water partition coefficient (Wildman–Crippen LogP) is 1.05. The van der Waals surface area contributed by atoms with Gasteiger partial charge in [-0.2, -0.15) is 0 Å². The highest BCUT2D eigenvalue weighted by Gasteiger charge is 2.72. The maximum absolute atomic E-state index is 13.1. The molecule has 2 fully saturated rings. The minimum absolute atomic E-state index is 0.0233. The summed E-state index contributed by atoms with van der Waals surface area (Å²) in [6.45, 7) is 0.361. The van der Waals surface area contributed by atoms with Crippen LogP contribution in [0.3, 0.4) is 0 Å². The molecule has 1 saturated heterocycles. The lowest BCUT2D eigenvalue weighted by atomic mass is 9.49. The number of nitrogens with zero attached hydrogens (tertiary/aromatic N) is 1. The van der Waals surface area contributed by atoms with Crippen molar-refractivity contribution in [3.8, 4) is 11.5 Å². The van der Waals surface area contributed by atoms with E-state index in [9.17, 15) is 9.90 Å². The Bertz CT molecular complexity index is 984. The van der Waals surface area contributed by atoms with Gasteiger partial charge in [-0.15, -0.1) is 0 Å². The summed E-state index contributed by atoms with van der Waals surface area (Å²) in [4.78, 5) is 14.7. The number of ketones is 1. The van der Waals surface area contributed by atoms with Gasteiger partial charge < -0.3 is 19.5 Å². The van der Waals surface area contributed by atoms with Crippen molar-refractivity contribution in [1.29, 1.82) is 0 Å². The van der Waals surface area contributed by atoms with Gasteiger partial charge in [-0.1, -0.05) is 6.04 Å². The van der Waals surface area contributed by atoms with E-state index >= 15 is 0 Å². The zero-order valence-corrected chi connectivity index (χ0v) is 12.9. The van der Waals surface area contributed by atoms with Crippen molar-refractivity contribution in [1.82, 2.24) is 4.90 Å². The van der Waals surface area contributed by atoms with Crippen molar-refractivity contribution in [3.05, 3.63) is 23.2 Å². The second kappa shape index (κ2) is 4.08. The molecular weight excluding hydrogens is 294 g/mol. The first-order valence-corrected chi connectivity index (χ1v) is 7.72. The molecule has 1 saturated carbocycles. The minimum atomic E-state index is -2.41. The van der Waals surface area contributed by atoms with E-state index in [1.165, 1.54) is 7.11 Å². The highest BCUT2D eigenvalue weighted by atomic mass is 16.5. The normalized spacial score (nSPS) is 48.7. The van der Waals surface area contributed by atoms with Crippen LogP contribution in [0.15, 0.2) is 12.1 Å². The van der Waals surface area contributed by atoms with Gasteiger partial charge in [-0.05, 0) is 44.4 Å². The van der Waals surface area contributed by atoms with Crippen LogP contribution >= 0.6 is 0 Å². The Kier molecular flexibility index (Phi) is 1.60. The van der Waals surface area contributed by atoms with Gasteiger partial charge in [0.15, 0.2) is 23.4 Å². The fraction of sp³-hybridized carbons (Fsp3) is 0.611. The highest BCUT2D eigenvalue weighted by molar-refractivity contribution is 5.90. The van der Waals surface area contributed by atoms with Gasteiger partial charge in [0.2, 0.25) is 0 Å². The molecule has 2 aliphatic carbocycles. The third-order valence-electron chi connectivity index (χ3n) is 5.89. The maximum Gasteiger partial charge on any atom is 0.174 e. The molecule has 0 radical (unpaired) electrons. The number of methoxy groups -OCH3 is 1. The Morgan fingerprint density at radius 2 is 2.35 bits per heavy atom. The summed E-state index contributed by atoms with van der Waals surface area (Å²) in [7, 11) is 2.94. The fourth-order valence-electron chi connectivity index (χ4n) is 4.82. The molecule has 5 heteroatoms. The van der Waals surface area contributed by atoms with Gasteiger partial charge in [0.25, 0.3) is 0 Å². The summed E-state index contributed by atoms with van der Waals surface area (Å²) in [5.41, 5.74) is -3.21. The lowest BCUT2D eigenvalue weighted by molar-refractivity contribution is -0.185. The van der Waals surface area contributed by atoms with Crippen LogP contribution < -0.4 is 9.47 Å². The van der Waals surface area contributed by atoms with Gasteiger partial charge in [0, 0.05) is 23.5 Å². The molecule has 2 bridgehead atoms. The molecule has 122 valence electrons. The van der Waals surface area contributed by atoms with Crippen LogP contribution in [0.1, 0.15) is 38.6 Å². The smallest absolute Gasteiger partial charge is 0.174 e. The predicted molar refractivity (Wildman–Crippen MR) is 83.0 cm³/mol. The second-order valence-corrected chi connectivity index (χ2v) is 6.75. The van der Waals surface area contributed by atoms with E-state index in [-0.39, 0.29) is 41.1 Å². The molecule has 4 atom stereocenters. The average Bonchev–Trinajstić information content (AvgIpc) is 2.92. The van der Waals surface area contributed by atoms with Crippen LogP contribution in [-0.4, -0.2) is 54.2 Å². The molecule has 2 aliphatic heterocycles. The Labute approximate surface area is 143 Å². The molecule has 1 aromatic carbocycles. The lowest BCUT2D eigenvalue weighted by Crippen LogP contribution is -2.76. The molecule has 0 amide bonds. The second-order valence-electron chi connectivity index (χ2n) is 6.75. The van der Waals surface area contributed by atoms with E-state index in [4.69, 9.17) is 17.7 Å². The quantitative estimate of drug-likeness (QED) is 0.838. The Hall–Kier alpha value is -1.59. The summed E-state index contributed by atoms with van der Waals surface area (Å²) >= 11 is 0. The Balaban J connectivity index is 1.98. The molecule has 1 N–H and O–H groups in total. The van der Waals surface area contributed by atoms with Gasteiger partial charge >= 0.3 is 0 Å². The highest BCUT2D eigenvalue weighted by Crippen LogP contribution is 2.64. The van der Waals surface area contributed by atoms with Crippen molar-refractivity contribution in [2.24, 2.45) is 0 Å². The molecule has 5 nitrogen and oxygen atoms in total. The number of rotatable bonds is 1. The number of ether oxygens (including phenoxy) is 2. The number of hydrogen-bond acceptors (Lipinski definition) is 5. The Morgan fingerprint density at radius 1 is 1.52 bits per heavy atom. The summed E-state index contributed by atoms with van der Waals surface area (Å²) < 4.78 is 62.3. The lowest BCUT2D eigenvalue weighted by Gasteiger charge is -2.62. The standard InChI is InChI=1S/C18H21NO4/c1-19-8-7-17-14-10-3-4-12(22-2)15(14)23-16(17)11(20)5-6-18(17,21)13(19)9-10/h3-4,13,16,21H,5-9H2,1-2H3/t13-,16?,17+,18-/m1/s1/i3D,4D,5D2,9D2. The number of Topliss-reactive ketones (excluding diaryl/α,β-unsaturated/α-hetero) is 1. The van der Waals surface area contributed by atoms with Gasteiger partial charge in [-0.25, -0.2) is 0 Å². The first-order chi connectivity index (χ1) is 13.4. The number of benzene rings is 1. The average molecular weight is 321 g/mol. The number of aliphatic hydroxyl groups is 1. The van der Waals surface area contributed by atoms with Crippen LogP contribution in [0.25, 0.3) is 0 Å². The molecule has 23 heavy (non-hydrogen) atoms. The number of likely N-dealkylation sites (N-methyl/N-ethyl adjacent to an activating group) is 1. The molecule has 5 rings (SSSR count). The number of carbonyl (C=O) groups is 1.